The molecule has 0 N–H and O–H groups in total. The maximum absolute atomic E-state index is 12.8. The number of alkyl halides is 3. The highest BCUT2D eigenvalue weighted by Crippen LogP contribution is 2.40. The van der Waals surface area contributed by atoms with E-state index in [-0.39, 0.29) is 22.3 Å². The first-order valence-electron chi connectivity index (χ1n) is 7.24. The van der Waals surface area contributed by atoms with Crippen LogP contribution in [0, 0.1) is 20.2 Å². The third kappa shape index (κ3) is 3.47. The summed E-state index contributed by atoms with van der Waals surface area (Å²) in [4.78, 5) is 24.6. The molecule has 0 amide bonds. The molecule has 0 spiro atoms. The Hall–Kier alpha value is -3.76. The molecule has 0 unspecified atom stereocenters. The van der Waals surface area contributed by atoms with E-state index in [4.69, 9.17) is 4.74 Å². The van der Waals surface area contributed by atoms with E-state index in [0.29, 0.717) is 12.1 Å². The number of rotatable bonds is 4. The minimum atomic E-state index is -4.76. The first-order valence-corrected chi connectivity index (χ1v) is 7.24. The first kappa shape index (κ1) is 18.0. The van der Waals surface area contributed by atoms with Crippen molar-refractivity contribution in [1.82, 2.24) is 4.98 Å². The van der Waals surface area contributed by atoms with Crippen LogP contribution >= 0.6 is 0 Å². The molecule has 0 bridgehead atoms. The molecule has 0 atom stereocenters. The van der Waals surface area contributed by atoms with E-state index in [2.05, 4.69) is 4.98 Å². The third-order valence-electron chi connectivity index (χ3n) is 3.61. The molecule has 2 aromatic carbocycles. The molecule has 0 saturated heterocycles. The summed E-state index contributed by atoms with van der Waals surface area (Å²) in [5, 5.41) is 22.4. The van der Waals surface area contributed by atoms with Gasteiger partial charge >= 0.3 is 11.9 Å². The van der Waals surface area contributed by atoms with Gasteiger partial charge in [-0.1, -0.05) is 0 Å². The highest BCUT2D eigenvalue weighted by atomic mass is 19.4. The van der Waals surface area contributed by atoms with Gasteiger partial charge in [-0.25, -0.2) is 0 Å². The van der Waals surface area contributed by atoms with E-state index >= 15 is 0 Å². The Labute approximate surface area is 148 Å². The van der Waals surface area contributed by atoms with Crippen LogP contribution in [-0.2, 0) is 6.18 Å². The number of fused-ring (bicyclic) bond motifs is 1. The van der Waals surface area contributed by atoms with Gasteiger partial charge in [0.1, 0.15) is 5.52 Å². The fourth-order valence-electron chi connectivity index (χ4n) is 2.41. The number of halogens is 3. The molecule has 1 aromatic heterocycles. The first-order chi connectivity index (χ1) is 12.7. The number of hydrogen-bond acceptors (Lipinski definition) is 6. The largest absolute Gasteiger partial charge is 0.448 e. The van der Waals surface area contributed by atoms with Crippen molar-refractivity contribution in [3.63, 3.8) is 0 Å². The van der Waals surface area contributed by atoms with Crippen molar-refractivity contribution in [1.29, 1.82) is 0 Å². The van der Waals surface area contributed by atoms with Crippen molar-refractivity contribution in [2.45, 2.75) is 6.18 Å². The number of aromatic nitrogens is 1. The zero-order valence-corrected chi connectivity index (χ0v) is 13.1. The van der Waals surface area contributed by atoms with E-state index in [1.807, 2.05) is 0 Å². The molecule has 3 rings (SSSR count). The quantitative estimate of drug-likeness (QED) is 0.473. The van der Waals surface area contributed by atoms with Crippen LogP contribution in [0.1, 0.15) is 5.56 Å². The lowest BCUT2D eigenvalue weighted by Gasteiger charge is -2.11. The summed E-state index contributed by atoms with van der Waals surface area (Å²) in [6.45, 7) is 0. The highest BCUT2D eigenvalue weighted by Gasteiger charge is 2.33. The van der Waals surface area contributed by atoms with Crippen LogP contribution in [0.5, 0.6) is 11.5 Å². The van der Waals surface area contributed by atoms with Crippen LogP contribution in [0.4, 0.5) is 24.5 Å². The Kier molecular flexibility index (Phi) is 4.35. The number of pyridine rings is 1. The topological polar surface area (TPSA) is 108 Å². The molecule has 27 heavy (non-hydrogen) atoms. The highest BCUT2D eigenvalue weighted by molar-refractivity contribution is 5.92. The summed E-state index contributed by atoms with van der Waals surface area (Å²) in [7, 11) is 0. The Morgan fingerprint density at radius 3 is 2.22 bits per heavy atom. The van der Waals surface area contributed by atoms with Crippen molar-refractivity contribution in [3.8, 4) is 11.5 Å². The Bertz CT molecular complexity index is 1070. The fraction of sp³-hybridized carbons (Fsp3) is 0.0625. The van der Waals surface area contributed by atoms with Gasteiger partial charge in [-0.2, -0.15) is 13.2 Å². The molecule has 138 valence electrons. The predicted octanol–water partition coefficient (Wildman–Crippen LogP) is 4.86. The third-order valence-corrected chi connectivity index (χ3v) is 3.61. The van der Waals surface area contributed by atoms with Gasteiger partial charge < -0.3 is 4.74 Å². The molecule has 0 fully saturated rings. The van der Waals surface area contributed by atoms with Gasteiger partial charge in [-0.15, -0.1) is 0 Å². The van der Waals surface area contributed by atoms with Crippen LogP contribution in [-0.4, -0.2) is 14.8 Å². The van der Waals surface area contributed by atoms with Gasteiger partial charge in [0.15, 0.2) is 5.75 Å². The second-order valence-electron chi connectivity index (χ2n) is 5.28. The SMILES string of the molecule is O=[N+]([O-])c1cc(C(F)(F)F)ccc1Oc1ccc([N+](=O)[O-])c2cccnc12. The minimum absolute atomic E-state index is 0.0425. The normalized spacial score (nSPS) is 11.4. The minimum Gasteiger partial charge on any atom is -0.448 e. The molecule has 8 nitrogen and oxygen atoms in total. The van der Waals surface area contributed by atoms with Crippen LogP contribution in [0.2, 0.25) is 0 Å². The van der Waals surface area contributed by atoms with Gasteiger partial charge in [0.25, 0.3) is 5.69 Å². The van der Waals surface area contributed by atoms with Crippen molar-refractivity contribution in [2.24, 2.45) is 0 Å². The average molecular weight is 379 g/mol. The molecular weight excluding hydrogens is 371 g/mol. The van der Waals surface area contributed by atoms with Gasteiger partial charge in [-0.05, 0) is 30.3 Å². The van der Waals surface area contributed by atoms with Crippen LogP contribution < -0.4 is 4.74 Å². The number of hydrogen-bond donors (Lipinski definition) is 0. The van der Waals surface area contributed by atoms with E-state index < -0.39 is 33.0 Å². The molecule has 3 aromatic rings. The van der Waals surface area contributed by atoms with Crippen molar-refractivity contribution < 1.29 is 27.8 Å². The summed E-state index contributed by atoms with van der Waals surface area (Å²) in [5.41, 5.74) is -2.31. The average Bonchev–Trinajstić information content (AvgIpc) is 2.61. The zero-order chi connectivity index (χ0) is 19.8. The van der Waals surface area contributed by atoms with E-state index in [0.717, 1.165) is 12.1 Å². The molecule has 0 aliphatic rings. The van der Waals surface area contributed by atoms with Crippen LogP contribution in [0.15, 0.2) is 48.7 Å². The number of benzene rings is 2. The molecule has 0 saturated carbocycles. The molecule has 11 heteroatoms. The van der Waals surface area contributed by atoms with Gasteiger partial charge in [-0.3, -0.25) is 25.2 Å². The maximum Gasteiger partial charge on any atom is 0.416 e. The maximum atomic E-state index is 12.8. The number of nitro benzene ring substituents is 2. The number of nitro groups is 2. The standard InChI is InChI=1S/C16H8F3N3O5/c17-16(18,19)9-3-5-13(12(8-9)22(25)26)27-14-6-4-11(21(23)24)10-2-1-7-20-15(10)14/h1-8H. The second kappa shape index (κ2) is 6.52. The van der Waals surface area contributed by atoms with E-state index in [1.54, 1.807) is 0 Å². The van der Waals surface area contributed by atoms with Gasteiger partial charge in [0.2, 0.25) is 5.75 Å². The van der Waals surface area contributed by atoms with E-state index in [1.165, 1.54) is 24.4 Å². The molecule has 0 aliphatic carbocycles. The van der Waals surface area contributed by atoms with E-state index in [9.17, 15) is 33.4 Å². The fourth-order valence-corrected chi connectivity index (χ4v) is 2.41. The number of ether oxygens (including phenoxy) is 1. The Morgan fingerprint density at radius 1 is 0.926 bits per heavy atom. The Balaban J connectivity index is 2.12. The summed E-state index contributed by atoms with van der Waals surface area (Å²) >= 11 is 0. The molecule has 0 radical (unpaired) electrons. The monoisotopic (exact) mass is 379 g/mol. The molecule has 0 aliphatic heterocycles. The zero-order valence-electron chi connectivity index (χ0n) is 13.1. The second-order valence-corrected chi connectivity index (χ2v) is 5.28. The van der Waals surface area contributed by atoms with Gasteiger partial charge in [0, 0.05) is 18.3 Å². The predicted molar refractivity (Wildman–Crippen MR) is 86.6 cm³/mol. The van der Waals surface area contributed by atoms with Crippen molar-refractivity contribution >= 4 is 22.3 Å². The molecular formula is C16H8F3N3O5. The number of nitrogens with zero attached hydrogens (tertiary/aromatic N) is 3. The Morgan fingerprint density at radius 2 is 1.59 bits per heavy atom. The lowest BCUT2D eigenvalue weighted by Crippen LogP contribution is -2.06. The lowest BCUT2D eigenvalue weighted by atomic mass is 10.1. The van der Waals surface area contributed by atoms with Crippen LogP contribution in [0.25, 0.3) is 10.9 Å². The van der Waals surface area contributed by atoms with Crippen molar-refractivity contribution in [3.05, 3.63) is 74.5 Å². The lowest BCUT2D eigenvalue weighted by molar-refractivity contribution is -0.385. The van der Waals surface area contributed by atoms with Crippen molar-refractivity contribution in [2.75, 3.05) is 0 Å². The summed E-state index contributed by atoms with van der Waals surface area (Å²) in [6.07, 6.45) is -3.43. The molecule has 1 heterocycles. The summed E-state index contributed by atoms with van der Waals surface area (Å²) in [5.74, 6) is -0.520. The smallest absolute Gasteiger partial charge is 0.416 e. The summed E-state index contributed by atoms with van der Waals surface area (Å²) in [6, 6.07) is 6.98. The van der Waals surface area contributed by atoms with Crippen LogP contribution in [0.3, 0.4) is 0 Å². The number of non-ortho nitro benzene ring substituents is 1. The van der Waals surface area contributed by atoms with Gasteiger partial charge in [0.05, 0.1) is 20.8 Å². The summed E-state index contributed by atoms with van der Waals surface area (Å²) < 4.78 is 43.7.